The van der Waals surface area contributed by atoms with Crippen molar-refractivity contribution in [2.45, 2.75) is 32.1 Å². The van der Waals surface area contributed by atoms with E-state index in [0.29, 0.717) is 26.2 Å². The van der Waals surface area contributed by atoms with E-state index in [9.17, 15) is 9.00 Å². The van der Waals surface area contributed by atoms with Crippen molar-refractivity contribution in [3.63, 3.8) is 0 Å². The zero-order chi connectivity index (χ0) is 17.7. The summed E-state index contributed by atoms with van der Waals surface area (Å²) in [5.74, 6) is 0. The van der Waals surface area contributed by atoms with Gasteiger partial charge in [0, 0.05) is 36.3 Å². The van der Waals surface area contributed by atoms with Crippen LogP contribution in [0.3, 0.4) is 0 Å². The number of halogens is 1. The van der Waals surface area contributed by atoms with Crippen LogP contribution in [0.2, 0.25) is 5.02 Å². The van der Waals surface area contributed by atoms with Gasteiger partial charge in [0.05, 0.1) is 17.6 Å². The molecule has 2 rings (SSSR count). The number of nitrogens with one attached hydrogen (secondary N) is 1. The third-order valence-electron chi connectivity index (χ3n) is 4.63. The molecular weight excluding hydrogens is 348 g/mol. The Morgan fingerprint density at radius 3 is 2.62 bits per heavy atom. The summed E-state index contributed by atoms with van der Waals surface area (Å²) < 4.78 is 19.7. The molecule has 7 heteroatoms. The van der Waals surface area contributed by atoms with Gasteiger partial charge in [-0.3, -0.25) is 0 Å². The van der Waals surface area contributed by atoms with Crippen molar-refractivity contribution in [3.8, 4) is 0 Å². The van der Waals surface area contributed by atoms with Crippen LogP contribution < -0.4 is 4.72 Å². The van der Waals surface area contributed by atoms with Gasteiger partial charge in [-0.05, 0) is 43.9 Å². The minimum Gasteiger partial charge on any atom is -0.450 e. The van der Waals surface area contributed by atoms with Crippen LogP contribution >= 0.6 is 11.6 Å². The molecule has 0 spiro atoms. The molecular formula is C17H25ClN2O3S. The monoisotopic (exact) mass is 372 g/mol. The maximum Gasteiger partial charge on any atom is 0.409 e. The topological polar surface area (TPSA) is 58.6 Å². The molecule has 134 valence electrons. The summed E-state index contributed by atoms with van der Waals surface area (Å²) >= 11 is 6.16. The predicted octanol–water partition coefficient (Wildman–Crippen LogP) is 3.02. The number of hydrogen-bond acceptors (Lipinski definition) is 3. The SMILES string of the molecule is CCOC(=O)N1CCC(CNS(C)=O)(c2ccc(Cl)c(C)c2)CC1. The molecule has 24 heavy (non-hydrogen) atoms. The molecule has 1 fully saturated rings. The van der Waals surface area contributed by atoms with E-state index in [1.807, 2.05) is 26.0 Å². The largest absolute Gasteiger partial charge is 0.450 e. The van der Waals surface area contributed by atoms with Gasteiger partial charge < -0.3 is 9.64 Å². The average molecular weight is 373 g/mol. The molecule has 1 atom stereocenters. The smallest absolute Gasteiger partial charge is 0.409 e. The number of likely N-dealkylation sites (tertiary alicyclic amines) is 1. The summed E-state index contributed by atoms with van der Waals surface area (Å²) in [5, 5.41) is 0.741. The van der Waals surface area contributed by atoms with Crippen molar-refractivity contribution in [1.29, 1.82) is 0 Å². The zero-order valence-corrected chi connectivity index (χ0v) is 16.0. The summed E-state index contributed by atoms with van der Waals surface area (Å²) in [6.07, 6.45) is 2.95. The van der Waals surface area contributed by atoms with E-state index >= 15 is 0 Å². The third-order valence-corrected chi connectivity index (χ3v) is 5.61. The van der Waals surface area contributed by atoms with Gasteiger partial charge in [-0.2, -0.15) is 0 Å². The number of piperidine rings is 1. The lowest BCUT2D eigenvalue weighted by Crippen LogP contribution is -2.49. The fraction of sp³-hybridized carbons (Fsp3) is 0.588. The Balaban J connectivity index is 2.21. The van der Waals surface area contributed by atoms with Crippen LogP contribution in [0, 0.1) is 6.92 Å². The van der Waals surface area contributed by atoms with E-state index in [1.54, 1.807) is 11.2 Å². The Morgan fingerprint density at radius 1 is 1.42 bits per heavy atom. The number of aryl methyl sites for hydroxylation is 1. The van der Waals surface area contributed by atoms with Gasteiger partial charge in [0.25, 0.3) is 0 Å². The molecule has 1 heterocycles. The first-order valence-corrected chi connectivity index (χ1v) is 10.1. The molecule has 0 saturated carbocycles. The molecule has 1 amide bonds. The quantitative estimate of drug-likeness (QED) is 0.864. The summed E-state index contributed by atoms with van der Waals surface area (Å²) in [5.41, 5.74) is 2.04. The van der Waals surface area contributed by atoms with Crippen molar-refractivity contribution in [3.05, 3.63) is 34.3 Å². The van der Waals surface area contributed by atoms with Crippen LogP contribution in [0.4, 0.5) is 4.79 Å². The highest BCUT2D eigenvalue weighted by atomic mass is 35.5. The second-order valence-electron chi connectivity index (χ2n) is 6.21. The van der Waals surface area contributed by atoms with Crippen molar-refractivity contribution in [2.24, 2.45) is 0 Å². The Morgan fingerprint density at radius 2 is 2.08 bits per heavy atom. The lowest BCUT2D eigenvalue weighted by atomic mass is 9.72. The number of carbonyl (C=O) groups excluding carboxylic acids is 1. The summed E-state index contributed by atoms with van der Waals surface area (Å²) in [4.78, 5) is 13.7. The molecule has 1 aromatic carbocycles. The van der Waals surface area contributed by atoms with Crippen molar-refractivity contribution in [2.75, 3.05) is 32.5 Å². The van der Waals surface area contributed by atoms with Crippen LogP contribution in [0.1, 0.15) is 30.9 Å². The average Bonchev–Trinajstić information content (AvgIpc) is 2.56. The van der Waals surface area contributed by atoms with Gasteiger partial charge in [-0.25, -0.2) is 13.7 Å². The number of carbonyl (C=O) groups is 1. The summed E-state index contributed by atoms with van der Waals surface area (Å²) in [7, 11) is -1.08. The summed E-state index contributed by atoms with van der Waals surface area (Å²) in [6, 6.07) is 6.05. The normalized spacial score (nSPS) is 18.2. The van der Waals surface area contributed by atoms with E-state index in [1.165, 1.54) is 5.56 Å². The zero-order valence-electron chi connectivity index (χ0n) is 14.4. The van der Waals surface area contributed by atoms with Gasteiger partial charge in [-0.1, -0.05) is 23.7 Å². The van der Waals surface area contributed by atoms with Crippen LogP contribution in [-0.4, -0.2) is 47.7 Å². The Bertz CT molecular complexity index is 616. The molecule has 1 saturated heterocycles. The molecule has 1 N–H and O–H groups in total. The number of hydrogen-bond donors (Lipinski definition) is 1. The minimum atomic E-state index is -1.08. The van der Waals surface area contributed by atoms with E-state index in [2.05, 4.69) is 10.8 Å². The maximum atomic E-state index is 11.9. The second kappa shape index (κ2) is 8.32. The molecule has 0 bridgehead atoms. The van der Waals surface area contributed by atoms with E-state index < -0.39 is 11.0 Å². The fourth-order valence-electron chi connectivity index (χ4n) is 3.11. The minimum absolute atomic E-state index is 0.163. The van der Waals surface area contributed by atoms with E-state index in [0.717, 1.165) is 23.4 Å². The summed E-state index contributed by atoms with van der Waals surface area (Å²) in [6.45, 7) is 6.03. The molecule has 0 aliphatic carbocycles. The highest BCUT2D eigenvalue weighted by Crippen LogP contribution is 2.36. The van der Waals surface area contributed by atoms with E-state index in [-0.39, 0.29) is 11.5 Å². The second-order valence-corrected chi connectivity index (χ2v) is 7.81. The van der Waals surface area contributed by atoms with Gasteiger partial charge in [-0.15, -0.1) is 0 Å². The molecule has 1 aromatic rings. The Labute approximate surface area is 151 Å². The highest BCUT2D eigenvalue weighted by Gasteiger charge is 2.38. The number of benzene rings is 1. The van der Waals surface area contributed by atoms with Crippen LogP contribution in [-0.2, 0) is 21.1 Å². The van der Waals surface area contributed by atoms with Gasteiger partial charge >= 0.3 is 6.09 Å². The van der Waals surface area contributed by atoms with Gasteiger partial charge in [0.15, 0.2) is 0 Å². The predicted molar refractivity (Wildman–Crippen MR) is 97.8 cm³/mol. The molecule has 1 unspecified atom stereocenters. The fourth-order valence-corrected chi connectivity index (χ4v) is 3.71. The maximum absolute atomic E-state index is 11.9. The van der Waals surface area contributed by atoms with Crippen LogP contribution in [0.15, 0.2) is 18.2 Å². The van der Waals surface area contributed by atoms with Crippen LogP contribution in [0.5, 0.6) is 0 Å². The molecule has 5 nitrogen and oxygen atoms in total. The number of ether oxygens (including phenoxy) is 1. The molecule has 1 aliphatic rings. The van der Waals surface area contributed by atoms with Crippen molar-refractivity contribution >= 4 is 28.7 Å². The number of amides is 1. The molecule has 0 radical (unpaired) electrons. The van der Waals surface area contributed by atoms with E-state index in [4.69, 9.17) is 16.3 Å². The first kappa shape index (κ1) is 19.2. The van der Waals surface area contributed by atoms with Gasteiger partial charge in [0.1, 0.15) is 0 Å². The Hall–Kier alpha value is -1.11. The first-order valence-electron chi connectivity index (χ1n) is 8.13. The van der Waals surface area contributed by atoms with Crippen LogP contribution in [0.25, 0.3) is 0 Å². The Kier molecular flexibility index (Phi) is 6.66. The first-order chi connectivity index (χ1) is 11.4. The standard InChI is InChI=1S/C17H25ClN2O3S/c1-4-23-16(21)20-9-7-17(8-10-20,12-19-24(3)22)14-5-6-15(18)13(2)11-14/h5-6,11,19H,4,7-10,12H2,1-3H3. The molecule has 1 aliphatic heterocycles. The lowest BCUT2D eigenvalue weighted by Gasteiger charge is -2.42. The lowest BCUT2D eigenvalue weighted by molar-refractivity contribution is 0.0866. The molecule has 0 aromatic heterocycles. The highest BCUT2D eigenvalue weighted by molar-refractivity contribution is 7.82. The van der Waals surface area contributed by atoms with Gasteiger partial charge in [0.2, 0.25) is 0 Å². The third kappa shape index (κ3) is 4.49. The number of nitrogens with zero attached hydrogens (tertiary/aromatic N) is 1. The number of rotatable bonds is 5. The van der Waals surface area contributed by atoms with Crippen molar-refractivity contribution < 1.29 is 13.7 Å². The van der Waals surface area contributed by atoms with Crippen molar-refractivity contribution in [1.82, 2.24) is 9.62 Å².